The minimum atomic E-state index is 0.0141. The van der Waals surface area contributed by atoms with Crippen LogP contribution < -0.4 is 0 Å². The first-order valence-electron chi connectivity index (χ1n) is 6.55. The smallest absolute Gasteiger partial charge is 0.227 e. The van der Waals surface area contributed by atoms with Gasteiger partial charge in [-0.05, 0) is 24.0 Å². The molecule has 1 fully saturated rings. The maximum atomic E-state index is 11.7. The molecule has 0 unspecified atom stereocenters. The van der Waals surface area contributed by atoms with E-state index in [0.29, 0.717) is 18.8 Å². The minimum absolute atomic E-state index is 0.0141. The topological polar surface area (TPSA) is 58.1 Å². The fraction of sp³-hybridized carbons (Fsp3) is 0.400. The zero-order valence-electron chi connectivity index (χ0n) is 11.2. The second-order valence-electron chi connectivity index (χ2n) is 5.99. The highest BCUT2D eigenvalue weighted by Crippen LogP contribution is 2.32. The Balaban J connectivity index is 1.94. The van der Waals surface area contributed by atoms with Crippen LogP contribution >= 0.6 is 0 Å². The molecule has 0 saturated heterocycles. The van der Waals surface area contributed by atoms with Crippen molar-refractivity contribution in [3.05, 3.63) is 24.3 Å². The zero-order chi connectivity index (χ0) is 13.5. The molecule has 0 amide bonds. The Morgan fingerprint density at radius 2 is 2.05 bits per heavy atom. The highest BCUT2D eigenvalue weighted by atomic mass is 16.1. The second-order valence-corrected chi connectivity index (χ2v) is 5.99. The molecule has 19 heavy (non-hydrogen) atoms. The van der Waals surface area contributed by atoms with E-state index < -0.39 is 0 Å². The average molecular weight is 255 g/mol. The molecule has 0 aliphatic heterocycles. The molecule has 0 radical (unpaired) electrons. The standard InChI is InChI=1S/C15H17N3O/c1-15(2)8-10(7-11(19)9-15)16-14-17-12-5-3-4-6-13(12)18-14/h3-6H,7-9H2,1-2H3,(H,17,18)/b16-10+. The predicted octanol–water partition coefficient (Wildman–Crippen LogP) is 3.41. The van der Waals surface area contributed by atoms with Crippen LogP contribution in [0, 0.1) is 5.41 Å². The van der Waals surface area contributed by atoms with Gasteiger partial charge in [0.2, 0.25) is 5.95 Å². The molecule has 98 valence electrons. The van der Waals surface area contributed by atoms with E-state index in [9.17, 15) is 4.79 Å². The van der Waals surface area contributed by atoms with Crippen molar-refractivity contribution in [2.75, 3.05) is 0 Å². The molecular formula is C15H17N3O. The van der Waals surface area contributed by atoms with Gasteiger partial charge in [0.05, 0.1) is 11.0 Å². The molecule has 1 N–H and O–H groups in total. The van der Waals surface area contributed by atoms with Crippen molar-refractivity contribution in [1.82, 2.24) is 9.97 Å². The lowest BCUT2D eigenvalue weighted by atomic mass is 9.76. The van der Waals surface area contributed by atoms with Crippen LogP contribution in [0.5, 0.6) is 0 Å². The molecule has 4 nitrogen and oxygen atoms in total. The summed E-state index contributed by atoms with van der Waals surface area (Å²) in [6, 6.07) is 7.84. The Kier molecular flexibility index (Phi) is 2.73. The van der Waals surface area contributed by atoms with Crippen molar-refractivity contribution in [3.63, 3.8) is 0 Å². The molecule has 0 bridgehead atoms. The third kappa shape index (κ3) is 2.57. The number of aromatic nitrogens is 2. The van der Waals surface area contributed by atoms with E-state index in [1.54, 1.807) is 0 Å². The van der Waals surface area contributed by atoms with Gasteiger partial charge in [0.25, 0.3) is 0 Å². The molecular weight excluding hydrogens is 238 g/mol. The fourth-order valence-corrected chi connectivity index (χ4v) is 2.72. The van der Waals surface area contributed by atoms with E-state index in [4.69, 9.17) is 0 Å². The van der Waals surface area contributed by atoms with Crippen molar-refractivity contribution in [2.45, 2.75) is 33.1 Å². The molecule has 1 aromatic carbocycles. The first kappa shape index (κ1) is 12.1. The Hall–Kier alpha value is -1.97. The number of nitrogens with zero attached hydrogens (tertiary/aromatic N) is 2. The normalized spacial score (nSPS) is 21.2. The number of H-pyrrole nitrogens is 1. The van der Waals surface area contributed by atoms with Crippen molar-refractivity contribution < 1.29 is 4.79 Å². The first-order chi connectivity index (χ1) is 9.02. The summed E-state index contributed by atoms with van der Waals surface area (Å²) in [5, 5.41) is 0. The zero-order valence-corrected chi connectivity index (χ0v) is 11.2. The molecule has 0 spiro atoms. The van der Waals surface area contributed by atoms with Crippen molar-refractivity contribution in [3.8, 4) is 0 Å². The molecule has 0 atom stereocenters. The lowest BCUT2D eigenvalue weighted by Crippen LogP contribution is -2.28. The summed E-state index contributed by atoms with van der Waals surface area (Å²) in [6.45, 7) is 4.22. The largest absolute Gasteiger partial charge is 0.322 e. The third-order valence-electron chi connectivity index (χ3n) is 3.40. The average Bonchev–Trinajstić information content (AvgIpc) is 2.67. The van der Waals surface area contributed by atoms with Gasteiger partial charge in [-0.1, -0.05) is 26.0 Å². The van der Waals surface area contributed by atoms with E-state index in [0.717, 1.165) is 23.2 Å². The summed E-state index contributed by atoms with van der Waals surface area (Å²) in [7, 11) is 0. The summed E-state index contributed by atoms with van der Waals surface area (Å²) in [6.07, 6.45) is 1.96. The Bertz CT molecular complexity index is 634. The van der Waals surface area contributed by atoms with Crippen LogP contribution in [0.15, 0.2) is 29.3 Å². The lowest BCUT2D eigenvalue weighted by molar-refractivity contribution is -0.120. The van der Waals surface area contributed by atoms with Gasteiger partial charge < -0.3 is 4.98 Å². The van der Waals surface area contributed by atoms with Gasteiger partial charge >= 0.3 is 0 Å². The fourth-order valence-electron chi connectivity index (χ4n) is 2.72. The van der Waals surface area contributed by atoms with Crippen LogP contribution in [0.1, 0.15) is 33.1 Å². The molecule has 2 aromatic rings. The molecule has 1 aliphatic carbocycles. The summed E-state index contributed by atoms with van der Waals surface area (Å²) in [4.78, 5) is 23.9. The monoisotopic (exact) mass is 255 g/mol. The number of aliphatic imine (C=N–C) groups is 1. The summed E-state index contributed by atoms with van der Waals surface area (Å²) < 4.78 is 0. The van der Waals surface area contributed by atoms with Crippen LogP contribution in [-0.4, -0.2) is 21.5 Å². The molecule has 1 aromatic heterocycles. The number of nitrogens with one attached hydrogen (secondary N) is 1. The predicted molar refractivity (Wildman–Crippen MR) is 75.8 cm³/mol. The SMILES string of the molecule is CC1(C)CC(=O)C/C(=N\c2nc3ccccc3[nH]2)C1. The van der Waals surface area contributed by atoms with Crippen LogP contribution in [0.3, 0.4) is 0 Å². The van der Waals surface area contributed by atoms with Gasteiger partial charge in [-0.15, -0.1) is 0 Å². The number of ketones is 1. The minimum Gasteiger partial charge on any atom is -0.322 e. The number of carbonyl (C=O) groups is 1. The number of aromatic amines is 1. The second kappa shape index (κ2) is 4.30. The molecule has 3 rings (SSSR count). The third-order valence-corrected chi connectivity index (χ3v) is 3.40. The number of hydrogen-bond acceptors (Lipinski definition) is 3. The number of carbonyl (C=O) groups excluding carboxylic acids is 1. The summed E-state index contributed by atoms with van der Waals surface area (Å²) >= 11 is 0. The van der Waals surface area contributed by atoms with Gasteiger partial charge in [-0.3, -0.25) is 4.79 Å². The van der Waals surface area contributed by atoms with Gasteiger partial charge in [0.15, 0.2) is 0 Å². The number of para-hydroxylation sites is 2. The van der Waals surface area contributed by atoms with Gasteiger partial charge in [-0.2, -0.15) is 0 Å². The van der Waals surface area contributed by atoms with E-state index in [2.05, 4.69) is 28.8 Å². The van der Waals surface area contributed by atoms with Gasteiger partial charge in [0.1, 0.15) is 5.78 Å². The van der Waals surface area contributed by atoms with Gasteiger partial charge in [0, 0.05) is 18.6 Å². The van der Waals surface area contributed by atoms with Crippen molar-refractivity contribution in [2.24, 2.45) is 10.4 Å². The van der Waals surface area contributed by atoms with Crippen LogP contribution in [0.25, 0.3) is 11.0 Å². The molecule has 1 aliphatic rings. The maximum absolute atomic E-state index is 11.7. The van der Waals surface area contributed by atoms with E-state index in [1.807, 2.05) is 24.3 Å². The van der Waals surface area contributed by atoms with E-state index in [-0.39, 0.29) is 11.2 Å². The number of fused-ring (bicyclic) bond motifs is 1. The van der Waals surface area contributed by atoms with E-state index in [1.165, 1.54) is 0 Å². The molecule has 4 heteroatoms. The van der Waals surface area contributed by atoms with Crippen molar-refractivity contribution in [1.29, 1.82) is 0 Å². The quantitative estimate of drug-likeness (QED) is 0.848. The Labute approximate surface area is 112 Å². The highest BCUT2D eigenvalue weighted by molar-refractivity contribution is 6.05. The number of benzene rings is 1. The Morgan fingerprint density at radius 3 is 2.79 bits per heavy atom. The van der Waals surface area contributed by atoms with Crippen LogP contribution in [0.4, 0.5) is 5.95 Å². The maximum Gasteiger partial charge on any atom is 0.227 e. The Morgan fingerprint density at radius 1 is 1.26 bits per heavy atom. The van der Waals surface area contributed by atoms with Crippen LogP contribution in [0.2, 0.25) is 0 Å². The molecule has 1 heterocycles. The van der Waals surface area contributed by atoms with E-state index >= 15 is 0 Å². The highest BCUT2D eigenvalue weighted by Gasteiger charge is 2.30. The number of hydrogen-bond donors (Lipinski definition) is 1. The number of Topliss-reactive ketones (excluding diaryl/α,β-unsaturated/α-hetero) is 1. The first-order valence-corrected chi connectivity index (χ1v) is 6.55. The summed E-state index contributed by atoms with van der Waals surface area (Å²) in [5.41, 5.74) is 2.83. The summed E-state index contributed by atoms with van der Waals surface area (Å²) in [5.74, 6) is 0.868. The molecule has 1 saturated carbocycles. The number of imidazole rings is 1. The lowest BCUT2D eigenvalue weighted by Gasteiger charge is -2.28. The van der Waals surface area contributed by atoms with Gasteiger partial charge in [-0.25, -0.2) is 9.98 Å². The number of rotatable bonds is 1. The van der Waals surface area contributed by atoms with Crippen LogP contribution in [-0.2, 0) is 4.79 Å². The van der Waals surface area contributed by atoms with Crippen molar-refractivity contribution >= 4 is 28.5 Å².